The second-order valence-electron chi connectivity index (χ2n) is 4.70. The summed E-state index contributed by atoms with van der Waals surface area (Å²) in [6, 6.07) is 2.86. The summed E-state index contributed by atoms with van der Waals surface area (Å²) in [6.45, 7) is 5.46. The van der Waals surface area contributed by atoms with Crippen molar-refractivity contribution >= 4 is 5.78 Å². The van der Waals surface area contributed by atoms with Crippen LogP contribution in [0.1, 0.15) is 55.5 Å². The van der Waals surface area contributed by atoms with E-state index in [9.17, 15) is 13.6 Å². The number of aryl methyl sites for hydroxylation is 1. The second-order valence-corrected chi connectivity index (χ2v) is 4.70. The number of hydrogen-bond acceptors (Lipinski definition) is 1. The van der Waals surface area contributed by atoms with Crippen molar-refractivity contribution < 1.29 is 13.6 Å². The quantitative estimate of drug-likeness (QED) is 0.674. The van der Waals surface area contributed by atoms with Gasteiger partial charge < -0.3 is 0 Å². The van der Waals surface area contributed by atoms with Crippen LogP contribution in [-0.4, -0.2) is 5.78 Å². The highest BCUT2D eigenvalue weighted by Gasteiger charge is 2.23. The van der Waals surface area contributed by atoms with Gasteiger partial charge in [-0.2, -0.15) is 0 Å². The largest absolute Gasteiger partial charge is 0.294 e. The molecule has 1 aromatic rings. The maximum Gasteiger partial charge on any atom is 0.169 e. The van der Waals surface area contributed by atoms with Gasteiger partial charge in [0.25, 0.3) is 0 Å². The first-order valence-electron chi connectivity index (χ1n) is 6.51. The minimum atomic E-state index is -1.00. The van der Waals surface area contributed by atoms with Crippen LogP contribution >= 0.6 is 0 Å². The van der Waals surface area contributed by atoms with E-state index in [0.717, 1.165) is 25.7 Å². The Morgan fingerprint density at radius 1 is 1.11 bits per heavy atom. The van der Waals surface area contributed by atoms with Gasteiger partial charge >= 0.3 is 0 Å². The van der Waals surface area contributed by atoms with Crippen molar-refractivity contribution in [2.24, 2.45) is 5.92 Å². The number of halogens is 2. The molecule has 0 atom stereocenters. The van der Waals surface area contributed by atoms with Crippen LogP contribution in [0.4, 0.5) is 8.78 Å². The number of carbonyl (C=O) groups is 1. The van der Waals surface area contributed by atoms with E-state index in [1.807, 2.05) is 13.8 Å². The highest BCUT2D eigenvalue weighted by Crippen LogP contribution is 2.23. The van der Waals surface area contributed by atoms with Crippen LogP contribution in [0.2, 0.25) is 0 Å². The van der Waals surface area contributed by atoms with Gasteiger partial charge in [-0.25, -0.2) is 8.78 Å². The Hall–Kier alpha value is -1.25. The van der Waals surface area contributed by atoms with Crippen molar-refractivity contribution in [3.05, 3.63) is 34.9 Å². The van der Waals surface area contributed by atoms with Gasteiger partial charge in [-0.3, -0.25) is 4.79 Å². The van der Waals surface area contributed by atoms with Crippen molar-refractivity contribution in [3.63, 3.8) is 0 Å². The Bertz CT molecular complexity index is 421. The minimum absolute atomic E-state index is 0.106. The molecule has 1 nitrogen and oxygen atoms in total. The van der Waals surface area contributed by atoms with E-state index in [1.54, 1.807) is 0 Å². The van der Waals surface area contributed by atoms with E-state index in [1.165, 1.54) is 19.1 Å². The van der Waals surface area contributed by atoms with Crippen molar-refractivity contribution in [1.82, 2.24) is 0 Å². The Kier molecular flexibility index (Phi) is 5.45. The van der Waals surface area contributed by atoms with E-state index in [-0.39, 0.29) is 22.8 Å². The molecule has 0 radical (unpaired) electrons. The van der Waals surface area contributed by atoms with Gasteiger partial charge in [0, 0.05) is 5.92 Å². The monoisotopic (exact) mass is 254 g/mol. The van der Waals surface area contributed by atoms with Crippen molar-refractivity contribution in [2.75, 3.05) is 0 Å². The molecule has 0 amide bonds. The molecule has 0 spiro atoms. The third-order valence-corrected chi connectivity index (χ3v) is 3.19. The smallest absolute Gasteiger partial charge is 0.169 e. The second kappa shape index (κ2) is 6.62. The van der Waals surface area contributed by atoms with E-state index in [0.29, 0.717) is 0 Å². The average molecular weight is 254 g/mol. The first kappa shape index (κ1) is 14.8. The lowest BCUT2D eigenvalue weighted by Crippen LogP contribution is -2.17. The average Bonchev–Trinajstić information content (AvgIpc) is 2.35. The molecule has 0 aliphatic rings. The summed E-state index contributed by atoms with van der Waals surface area (Å²) >= 11 is 0. The first-order valence-corrected chi connectivity index (χ1v) is 6.51. The molecule has 0 heterocycles. The van der Waals surface area contributed by atoms with Gasteiger partial charge in [0.2, 0.25) is 0 Å². The summed E-state index contributed by atoms with van der Waals surface area (Å²) in [6.07, 6.45) is 3.18. The fourth-order valence-electron chi connectivity index (χ4n) is 2.16. The molecule has 0 aliphatic carbocycles. The maximum atomic E-state index is 13.8. The van der Waals surface area contributed by atoms with Gasteiger partial charge in [-0.15, -0.1) is 0 Å². The molecule has 0 aromatic heterocycles. The van der Waals surface area contributed by atoms with Crippen LogP contribution in [0.5, 0.6) is 0 Å². The van der Waals surface area contributed by atoms with E-state index >= 15 is 0 Å². The van der Waals surface area contributed by atoms with Gasteiger partial charge in [0.1, 0.15) is 0 Å². The van der Waals surface area contributed by atoms with Crippen LogP contribution in [-0.2, 0) is 0 Å². The Balaban J connectivity index is 3.05. The van der Waals surface area contributed by atoms with Crippen LogP contribution in [0.3, 0.4) is 0 Å². The van der Waals surface area contributed by atoms with Crippen molar-refractivity contribution in [1.29, 1.82) is 0 Å². The molecule has 0 N–H and O–H groups in total. The zero-order chi connectivity index (χ0) is 13.7. The van der Waals surface area contributed by atoms with Gasteiger partial charge in [0.15, 0.2) is 17.4 Å². The number of hydrogen-bond donors (Lipinski definition) is 0. The summed E-state index contributed by atoms with van der Waals surface area (Å²) in [5.41, 5.74) is 0.122. The molecule has 3 heteroatoms. The van der Waals surface area contributed by atoms with Gasteiger partial charge in [-0.1, -0.05) is 32.8 Å². The van der Waals surface area contributed by atoms with Crippen molar-refractivity contribution in [2.45, 2.75) is 46.5 Å². The SMILES string of the molecule is CCCC(CCC)C(=O)c1ccc(C)c(F)c1F. The summed E-state index contributed by atoms with van der Waals surface area (Å²) in [5, 5.41) is 0. The normalized spacial score (nSPS) is 11.0. The lowest BCUT2D eigenvalue weighted by atomic mass is 9.89. The van der Waals surface area contributed by atoms with Crippen LogP contribution in [0.15, 0.2) is 12.1 Å². The highest BCUT2D eigenvalue weighted by atomic mass is 19.2. The Morgan fingerprint density at radius 3 is 2.17 bits per heavy atom. The molecule has 0 fully saturated rings. The molecule has 0 aliphatic heterocycles. The minimum Gasteiger partial charge on any atom is -0.294 e. The summed E-state index contributed by atoms with van der Waals surface area (Å²) in [5.74, 6) is -2.38. The number of rotatable bonds is 6. The lowest BCUT2D eigenvalue weighted by molar-refractivity contribution is 0.0899. The maximum absolute atomic E-state index is 13.8. The molecule has 100 valence electrons. The molecular weight excluding hydrogens is 234 g/mol. The number of carbonyl (C=O) groups excluding carboxylic acids is 1. The van der Waals surface area contributed by atoms with Gasteiger partial charge in [-0.05, 0) is 31.4 Å². The predicted molar refractivity (Wildman–Crippen MR) is 68.7 cm³/mol. The summed E-state index contributed by atoms with van der Waals surface area (Å²) in [7, 11) is 0. The molecule has 18 heavy (non-hydrogen) atoms. The third kappa shape index (κ3) is 3.15. The lowest BCUT2D eigenvalue weighted by Gasteiger charge is -2.15. The summed E-state index contributed by atoms with van der Waals surface area (Å²) < 4.78 is 27.2. The third-order valence-electron chi connectivity index (χ3n) is 3.19. The van der Waals surface area contributed by atoms with E-state index < -0.39 is 11.6 Å². The van der Waals surface area contributed by atoms with Crippen LogP contribution < -0.4 is 0 Å². The van der Waals surface area contributed by atoms with E-state index in [4.69, 9.17) is 0 Å². The molecule has 0 bridgehead atoms. The molecule has 0 saturated heterocycles. The number of Topliss-reactive ketones (excluding diaryl/α,β-unsaturated/α-hetero) is 1. The van der Waals surface area contributed by atoms with Gasteiger partial charge in [0.05, 0.1) is 5.56 Å². The van der Waals surface area contributed by atoms with E-state index in [2.05, 4.69) is 0 Å². The zero-order valence-corrected chi connectivity index (χ0v) is 11.2. The van der Waals surface area contributed by atoms with Crippen LogP contribution in [0, 0.1) is 24.5 Å². The first-order chi connectivity index (χ1) is 8.52. The fraction of sp³-hybridized carbons (Fsp3) is 0.533. The zero-order valence-electron chi connectivity index (χ0n) is 11.2. The molecule has 1 rings (SSSR count). The fourth-order valence-corrected chi connectivity index (χ4v) is 2.16. The molecule has 0 unspecified atom stereocenters. The topological polar surface area (TPSA) is 17.1 Å². The standard InChI is InChI=1S/C15H20F2O/c1-4-6-11(7-5-2)15(18)12-9-8-10(3)13(16)14(12)17/h8-9,11H,4-7H2,1-3H3. The Morgan fingerprint density at radius 2 is 1.67 bits per heavy atom. The summed E-state index contributed by atoms with van der Waals surface area (Å²) in [4.78, 5) is 12.2. The Labute approximate surface area is 107 Å². The predicted octanol–water partition coefficient (Wildman–Crippen LogP) is 4.67. The molecule has 0 saturated carbocycles. The highest BCUT2D eigenvalue weighted by molar-refractivity contribution is 5.98. The van der Waals surface area contributed by atoms with Crippen molar-refractivity contribution in [3.8, 4) is 0 Å². The number of benzene rings is 1. The molecule has 1 aromatic carbocycles. The molecular formula is C15H20F2O. The number of ketones is 1. The van der Waals surface area contributed by atoms with Crippen LogP contribution in [0.25, 0.3) is 0 Å².